The van der Waals surface area contributed by atoms with Crippen LogP contribution in [0.25, 0.3) is 0 Å². The second-order valence-corrected chi connectivity index (χ2v) is 9.53. The Kier molecular flexibility index (Phi) is 6.19. The smallest absolute Gasteiger partial charge is 0.254 e. The van der Waals surface area contributed by atoms with Gasteiger partial charge in [-0.15, -0.1) is 0 Å². The van der Waals surface area contributed by atoms with Crippen LogP contribution in [-0.4, -0.2) is 69.0 Å². The summed E-state index contributed by atoms with van der Waals surface area (Å²) in [6.07, 6.45) is -0.270. The third kappa shape index (κ3) is 4.41. The van der Waals surface area contributed by atoms with Crippen LogP contribution < -0.4 is 0 Å². The second kappa shape index (κ2) is 8.85. The Morgan fingerprint density at radius 1 is 0.967 bits per heavy atom. The van der Waals surface area contributed by atoms with E-state index in [1.165, 1.54) is 16.4 Å². The van der Waals surface area contributed by atoms with Crippen molar-refractivity contribution in [1.82, 2.24) is 9.21 Å². The SMILES string of the molecule is C[C@H]1CN(C(=O)c2ccc(S(=O)(=O)N3CCOCC3)cc2)C[C@@H](c2ccccc2)O1. The van der Waals surface area contributed by atoms with Crippen LogP contribution in [0.3, 0.4) is 0 Å². The quantitative estimate of drug-likeness (QED) is 0.744. The van der Waals surface area contributed by atoms with Crippen LogP contribution in [0, 0.1) is 0 Å². The monoisotopic (exact) mass is 430 g/mol. The first-order valence-electron chi connectivity index (χ1n) is 10.1. The Morgan fingerprint density at radius 3 is 2.30 bits per heavy atom. The number of carbonyl (C=O) groups is 1. The molecule has 2 atom stereocenters. The maximum Gasteiger partial charge on any atom is 0.254 e. The van der Waals surface area contributed by atoms with Gasteiger partial charge in [-0.2, -0.15) is 4.31 Å². The molecule has 0 spiro atoms. The highest BCUT2D eigenvalue weighted by Gasteiger charge is 2.31. The number of sulfonamides is 1. The van der Waals surface area contributed by atoms with Crippen molar-refractivity contribution in [3.8, 4) is 0 Å². The van der Waals surface area contributed by atoms with E-state index in [4.69, 9.17) is 9.47 Å². The molecule has 2 saturated heterocycles. The Labute approximate surface area is 177 Å². The lowest BCUT2D eigenvalue weighted by molar-refractivity contribution is -0.0691. The predicted molar refractivity (Wildman–Crippen MR) is 112 cm³/mol. The van der Waals surface area contributed by atoms with Gasteiger partial charge in [0, 0.05) is 25.2 Å². The summed E-state index contributed by atoms with van der Waals surface area (Å²) < 4.78 is 38.2. The number of nitrogens with zero attached hydrogens (tertiary/aromatic N) is 2. The number of amides is 1. The van der Waals surface area contributed by atoms with Gasteiger partial charge in [0.2, 0.25) is 10.0 Å². The van der Waals surface area contributed by atoms with Crippen LogP contribution >= 0.6 is 0 Å². The van der Waals surface area contributed by atoms with Crippen LogP contribution in [0.2, 0.25) is 0 Å². The van der Waals surface area contributed by atoms with E-state index in [1.54, 1.807) is 17.0 Å². The van der Waals surface area contributed by atoms with Gasteiger partial charge in [0.05, 0.1) is 30.8 Å². The molecular formula is C22H26N2O5S. The van der Waals surface area contributed by atoms with Gasteiger partial charge >= 0.3 is 0 Å². The van der Waals surface area contributed by atoms with Gasteiger partial charge in [-0.1, -0.05) is 30.3 Å². The van der Waals surface area contributed by atoms with E-state index in [-0.39, 0.29) is 23.0 Å². The third-order valence-electron chi connectivity index (χ3n) is 5.43. The first-order valence-corrected chi connectivity index (χ1v) is 11.6. The zero-order valence-corrected chi connectivity index (χ0v) is 17.8. The van der Waals surface area contributed by atoms with Gasteiger partial charge < -0.3 is 14.4 Å². The summed E-state index contributed by atoms with van der Waals surface area (Å²) in [5.41, 5.74) is 1.51. The number of rotatable bonds is 4. The number of morpholine rings is 2. The molecule has 0 aromatic heterocycles. The maximum atomic E-state index is 13.1. The van der Waals surface area contributed by atoms with Crippen LogP contribution in [0.5, 0.6) is 0 Å². The molecule has 0 bridgehead atoms. The number of hydrogen-bond donors (Lipinski definition) is 0. The standard InChI is InChI=1S/C22H26N2O5S/c1-17-15-23(16-21(29-17)18-5-3-2-4-6-18)22(25)19-7-9-20(10-8-19)30(26,27)24-11-13-28-14-12-24/h2-10,17,21H,11-16H2,1H3/t17-,21-/m0/s1. The summed E-state index contributed by atoms with van der Waals surface area (Å²) >= 11 is 0. The van der Waals surface area contributed by atoms with Crippen molar-refractivity contribution < 1.29 is 22.7 Å². The largest absolute Gasteiger partial charge is 0.379 e. The molecule has 0 saturated carbocycles. The molecule has 1 amide bonds. The summed E-state index contributed by atoms with van der Waals surface area (Å²) in [4.78, 5) is 15.0. The average Bonchev–Trinajstić information content (AvgIpc) is 2.79. The molecule has 4 rings (SSSR count). The lowest BCUT2D eigenvalue weighted by Crippen LogP contribution is -2.46. The van der Waals surface area contributed by atoms with Gasteiger partial charge in [-0.25, -0.2) is 8.42 Å². The van der Waals surface area contributed by atoms with Crippen molar-refractivity contribution in [1.29, 1.82) is 0 Å². The van der Waals surface area contributed by atoms with Crippen LogP contribution in [-0.2, 0) is 19.5 Å². The first-order chi connectivity index (χ1) is 14.4. The summed E-state index contributed by atoms with van der Waals surface area (Å²) in [5, 5.41) is 0. The minimum Gasteiger partial charge on any atom is -0.379 e. The topological polar surface area (TPSA) is 76.2 Å². The molecule has 2 aromatic carbocycles. The normalized spacial score (nSPS) is 23.3. The highest BCUT2D eigenvalue weighted by molar-refractivity contribution is 7.89. The lowest BCUT2D eigenvalue weighted by Gasteiger charge is -2.37. The molecule has 8 heteroatoms. The van der Waals surface area contributed by atoms with Crippen molar-refractivity contribution in [2.24, 2.45) is 0 Å². The van der Waals surface area contributed by atoms with Gasteiger partial charge in [0.15, 0.2) is 0 Å². The molecule has 2 heterocycles. The molecule has 2 aliphatic heterocycles. The molecule has 160 valence electrons. The molecule has 0 unspecified atom stereocenters. The molecule has 0 radical (unpaired) electrons. The molecule has 0 N–H and O–H groups in total. The number of ether oxygens (including phenoxy) is 2. The fourth-order valence-electron chi connectivity index (χ4n) is 3.86. The van der Waals surface area contributed by atoms with Crippen molar-refractivity contribution in [2.75, 3.05) is 39.4 Å². The van der Waals surface area contributed by atoms with E-state index in [1.807, 2.05) is 37.3 Å². The Balaban J connectivity index is 1.49. The maximum absolute atomic E-state index is 13.1. The fourth-order valence-corrected chi connectivity index (χ4v) is 5.27. The second-order valence-electron chi connectivity index (χ2n) is 7.60. The van der Waals surface area contributed by atoms with Gasteiger partial charge in [0.25, 0.3) is 5.91 Å². The molecule has 7 nitrogen and oxygen atoms in total. The minimum absolute atomic E-state index is 0.0890. The highest BCUT2D eigenvalue weighted by atomic mass is 32.2. The Bertz CT molecular complexity index is 972. The third-order valence-corrected chi connectivity index (χ3v) is 7.34. The van der Waals surface area contributed by atoms with Crippen LogP contribution in [0.4, 0.5) is 0 Å². The first kappa shape index (κ1) is 21.0. The van der Waals surface area contributed by atoms with E-state index in [2.05, 4.69) is 0 Å². The highest BCUT2D eigenvalue weighted by Crippen LogP contribution is 2.26. The van der Waals surface area contributed by atoms with E-state index < -0.39 is 10.0 Å². The predicted octanol–water partition coefficient (Wildman–Crippen LogP) is 2.31. The molecule has 2 aliphatic rings. The van der Waals surface area contributed by atoms with Crippen molar-refractivity contribution in [3.63, 3.8) is 0 Å². The Hall–Kier alpha value is -2.26. The Morgan fingerprint density at radius 2 is 1.63 bits per heavy atom. The average molecular weight is 431 g/mol. The zero-order valence-electron chi connectivity index (χ0n) is 16.9. The zero-order chi connectivity index (χ0) is 21.1. The summed E-state index contributed by atoms with van der Waals surface area (Å²) in [6, 6.07) is 16.1. The number of benzene rings is 2. The summed E-state index contributed by atoms with van der Waals surface area (Å²) in [7, 11) is -3.57. The van der Waals surface area contributed by atoms with E-state index >= 15 is 0 Å². The fraction of sp³-hybridized carbons (Fsp3) is 0.409. The number of hydrogen-bond acceptors (Lipinski definition) is 5. The van der Waals surface area contributed by atoms with Crippen molar-refractivity contribution in [3.05, 3.63) is 65.7 Å². The summed E-state index contributed by atoms with van der Waals surface area (Å²) in [5.74, 6) is -0.124. The van der Waals surface area contributed by atoms with E-state index in [0.717, 1.165) is 5.56 Å². The van der Waals surface area contributed by atoms with Crippen LogP contribution in [0.1, 0.15) is 28.9 Å². The molecular weight excluding hydrogens is 404 g/mol. The molecule has 2 aromatic rings. The van der Waals surface area contributed by atoms with Gasteiger partial charge in [0.1, 0.15) is 6.10 Å². The molecule has 30 heavy (non-hydrogen) atoms. The number of carbonyl (C=O) groups excluding carboxylic acids is 1. The molecule has 0 aliphatic carbocycles. The van der Waals surface area contributed by atoms with Crippen molar-refractivity contribution in [2.45, 2.75) is 24.0 Å². The van der Waals surface area contributed by atoms with Crippen molar-refractivity contribution >= 4 is 15.9 Å². The lowest BCUT2D eigenvalue weighted by atomic mass is 10.1. The minimum atomic E-state index is -3.57. The van der Waals surface area contributed by atoms with Crippen LogP contribution in [0.15, 0.2) is 59.5 Å². The van der Waals surface area contributed by atoms with Gasteiger partial charge in [-0.05, 0) is 36.8 Å². The molecule has 2 fully saturated rings. The van der Waals surface area contributed by atoms with Gasteiger partial charge in [-0.3, -0.25) is 4.79 Å². The summed E-state index contributed by atoms with van der Waals surface area (Å²) in [6.45, 7) is 4.39. The van der Waals surface area contributed by atoms with E-state index in [0.29, 0.717) is 45.0 Å². The van der Waals surface area contributed by atoms with E-state index in [9.17, 15) is 13.2 Å².